The number of carbonyl (C=O) groups excluding carboxylic acids is 1. The minimum Gasteiger partial charge on any atom is -0.449 e. The normalized spacial score (nSPS) is 25.5. The zero-order valence-corrected chi connectivity index (χ0v) is 9.09. The van der Waals surface area contributed by atoms with Crippen LogP contribution in [0.3, 0.4) is 0 Å². The van der Waals surface area contributed by atoms with Crippen LogP contribution in [0.5, 0.6) is 0 Å². The van der Waals surface area contributed by atoms with Crippen LogP contribution < -0.4 is 0 Å². The van der Waals surface area contributed by atoms with Crippen LogP contribution in [0.4, 0.5) is 0 Å². The lowest BCUT2D eigenvalue weighted by atomic mass is 9.94. The standard InChI is InChI=1S/C13H14O3/c1-13(8-7-12(15)16-13)11(14)9-10-5-3-2-4-6-10/h2-8,11,14H,9H2,1H3/t11-,13-/m1/s1. The van der Waals surface area contributed by atoms with E-state index in [1.807, 2.05) is 30.3 Å². The van der Waals surface area contributed by atoms with Crippen LogP contribution in [-0.4, -0.2) is 22.8 Å². The van der Waals surface area contributed by atoms with Gasteiger partial charge in [-0.05, 0) is 18.6 Å². The molecule has 1 aromatic carbocycles. The molecule has 0 spiro atoms. The molecule has 1 N–H and O–H groups in total. The molecular weight excluding hydrogens is 204 g/mol. The molecule has 3 heteroatoms. The highest BCUT2D eigenvalue weighted by Gasteiger charge is 2.37. The third-order valence-corrected chi connectivity index (χ3v) is 2.80. The average molecular weight is 218 g/mol. The molecule has 16 heavy (non-hydrogen) atoms. The summed E-state index contributed by atoms with van der Waals surface area (Å²) in [5.74, 6) is -0.394. The zero-order valence-electron chi connectivity index (χ0n) is 9.09. The highest BCUT2D eigenvalue weighted by atomic mass is 16.6. The van der Waals surface area contributed by atoms with Crippen LogP contribution in [0.25, 0.3) is 0 Å². The van der Waals surface area contributed by atoms with Gasteiger partial charge in [-0.3, -0.25) is 0 Å². The van der Waals surface area contributed by atoms with Gasteiger partial charge in [-0.15, -0.1) is 0 Å². The van der Waals surface area contributed by atoms with E-state index in [9.17, 15) is 9.90 Å². The predicted octanol–water partition coefficient (Wildman–Crippen LogP) is 1.46. The fourth-order valence-corrected chi connectivity index (χ4v) is 1.74. The molecule has 3 nitrogen and oxygen atoms in total. The Kier molecular flexibility index (Phi) is 2.79. The van der Waals surface area contributed by atoms with E-state index in [0.29, 0.717) is 6.42 Å². The molecule has 0 bridgehead atoms. The summed E-state index contributed by atoms with van der Waals surface area (Å²) in [5.41, 5.74) is 0.125. The summed E-state index contributed by atoms with van der Waals surface area (Å²) in [6.07, 6.45) is 2.71. The second-order valence-electron chi connectivity index (χ2n) is 4.14. The first-order chi connectivity index (χ1) is 7.60. The topological polar surface area (TPSA) is 46.5 Å². The maximum absolute atomic E-state index is 11.0. The zero-order chi connectivity index (χ0) is 11.6. The quantitative estimate of drug-likeness (QED) is 0.781. The summed E-state index contributed by atoms with van der Waals surface area (Å²) in [7, 11) is 0. The van der Waals surface area contributed by atoms with E-state index in [0.717, 1.165) is 5.56 Å². The Hall–Kier alpha value is -1.61. The van der Waals surface area contributed by atoms with Gasteiger partial charge in [0.05, 0.1) is 0 Å². The number of cyclic esters (lactones) is 1. The number of carbonyl (C=O) groups is 1. The average Bonchev–Trinajstić information content (AvgIpc) is 2.61. The van der Waals surface area contributed by atoms with Crippen molar-refractivity contribution in [3.63, 3.8) is 0 Å². The Morgan fingerprint density at radius 2 is 2.06 bits per heavy atom. The van der Waals surface area contributed by atoms with Gasteiger partial charge < -0.3 is 9.84 Å². The molecular formula is C13H14O3. The first-order valence-electron chi connectivity index (χ1n) is 5.24. The molecule has 1 aliphatic rings. The van der Waals surface area contributed by atoms with Gasteiger partial charge in [-0.1, -0.05) is 30.3 Å². The number of hydrogen-bond acceptors (Lipinski definition) is 3. The molecule has 0 fully saturated rings. The maximum Gasteiger partial charge on any atom is 0.331 e. The predicted molar refractivity (Wildman–Crippen MR) is 59.8 cm³/mol. The minimum atomic E-state index is -0.896. The van der Waals surface area contributed by atoms with Gasteiger partial charge in [0.15, 0.2) is 5.60 Å². The first kappa shape index (κ1) is 10.9. The number of aliphatic hydroxyl groups excluding tert-OH is 1. The maximum atomic E-state index is 11.0. The Balaban J connectivity index is 2.07. The van der Waals surface area contributed by atoms with E-state index in [2.05, 4.69) is 0 Å². The highest BCUT2D eigenvalue weighted by molar-refractivity contribution is 5.85. The Morgan fingerprint density at radius 3 is 2.62 bits per heavy atom. The molecule has 2 rings (SSSR count). The molecule has 84 valence electrons. The number of hydrogen-bond donors (Lipinski definition) is 1. The second-order valence-corrected chi connectivity index (χ2v) is 4.14. The molecule has 1 aromatic rings. The monoisotopic (exact) mass is 218 g/mol. The van der Waals surface area contributed by atoms with Crippen LogP contribution >= 0.6 is 0 Å². The fourth-order valence-electron chi connectivity index (χ4n) is 1.74. The summed E-state index contributed by atoms with van der Waals surface area (Å²) in [6.45, 7) is 1.71. The van der Waals surface area contributed by atoms with Gasteiger partial charge in [0.1, 0.15) is 6.10 Å². The van der Waals surface area contributed by atoms with Crippen molar-refractivity contribution in [2.75, 3.05) is 0 Å². The summed E-state index contributed by atoms with van der Waals surface area (Å²) < 4.78 is 5.08. The van der Waals surface area contributed by atoms with Crippen molar-refractivity contribution in [2.24, 2.45) is 0 Å². The van der Waals surface area contributed by atoms with Crippen LogP contribution in [0.2, 0.25) is 0 Å². The summed E-state index contributed by atoms with van der Waals surface area (Å²) in [5, 5.41) is 10.1. The largest absolute Gasteiger partial charge is 0.449 e. The lowest BCUT2D eigenvalue weighted by molar-refractivity contribution is -0.152. The number of aliphatic hydroxyl groups is 1. The lowest BCUT2D eigenvalue weighted by Gasteiger charge is -2.27. The van der Waals surface area contributed by atoms with Crippen LogP contribution in [0, 0.1) is 0 Å². The van der Waals surface area contributed by atoms with Crippen molar-refractivity contribution < 1.29 is 14.6 Å². The Morgan fingerprint density at radius 1 is 1.38 bits per heavy atom. The first-order valence-corrected chi connectivity index (χ1v) is 5.24. The molecule has 2 atom stereocenters. The van der Waals surface area contributed by atoms with Crippen LogP contribution in [-0.2, 0) is 16.0 Å². The molecule has 0 amide bonds. The summed E-state index contributed by atoms with van der Waals surface area (Å²) in [6, 6.07) is 9.63. The molecule has 0 aliphatic carbocycles. The van der Waals surface area contributed by atoms with E-state index >= 15 is 0 Å². The van der Waals surface area contributed by atoms with Gasteiger partial charge in [0.25, 0.3) is 0 Å². The molecule has 0 unspecified atom stereocenters. The summed E-state index contributed by atoms with van der Waals surface area (Å²) in [4.78, 5) is 11.0. The molecule has 0 saturated carbocycles. The molecule has 0 aromatic heterocycles. The van der Waals surface area contributed by atoms with E-state index in [-0.39, 0.29) is 0 Å². The smallest absolute Gasteiger partial charge is 0.331 e. The fraction of sp³-hybridized carbons (Fsp3) is 0.308. The minimum absolute atomic E-state index is 0.394. The van der Waals surface area contributed by atoms with Crippen molar-refractivity contribution in [1.82, 2.24) is 0 Å². The van der Waals surface area contributed by atoms with Crippen molar-refractivity contribution in [3.05, 3.63) is 48.0 Å². The van der Waals surface area contributed by atoms with Gasteiger partial charge in [-0.25, -0.2) is 4.79 Å². The van der Waals surface area contributed by atoms with E-state index in [1.54, 1.807) is 13.0 Å². The van der Waals surface area contributed by atoms with Gasteiger partial charge >= 0.3 is 5.97 Å². The molecule has 0 saturated heterocycles. The van der Waals surface area contributed by atoms with E-state index in [4.69, 9.17) is 4.74 Å². The van der Waals surface area contributed by atoms with Gasteiger partial charge in [-0.2, -0.15) is 0 Å². The van der Waals surface area contributed by atoms with Crippen molar-refractivity contribution in [3.8, 4) is 0 Å². The molecule has 0 radical (unpaired) electrons. The van der Waals surface area contributed by atoms with Crippen LogP contribution in [0.15, 0.2) is 42.5 Å². The van der Waals surface area contributed by atoms with E-state index in [1.165, 1.54) is 6.08 Å². The van der Waals surface area contributed by atoms with Crippen molar-refractivity contribution >= 4 is 5.97 Å². The van der Waals surface area contributed by atoms with Gasteiger partial charge in [0.2, 0.25) is 0 Å². The third kappa shape index (κ3) is 2.14. The van der Waals surface area contributed by atoms with E-state index < -0.39 is 17.7 Å². The highest BCUT2D eigenvalue weighted by Crippen LogP contribution is 2.25. The van der Waals surface area contributed by atoms with Gasteiger partial charge in [0, 0.05) is 12.5 Å². The second kappa shape index (κ2) is 4.10. The lowest BCUT2D eigenvalue weighted by Crippen LogP contribution is -2.40. The summed E-state index contributed by atoms with van der Waals surface area (Å²) >= 11 is 0. The Bertz CT molecular complexity index is 410. The number of ether oxygens (including phenoxy) is 1. The van der Waals surface area contributed by atoms with Crippen LogP contribution in [0.1, 0.15) is 12.5 Å². The Labute approximate surface area is 94.4 Å². The SMILES string of the molecule is C[C@]1([C@H](O)Cc2ccccc2)C=CC(=O)O1. The number of esters is 1. The molecule has 1 aliphatic heterocycles. The number of benzene rings is 1. The molecule has 1 heterocycles. The van der Waals surface area contributed by atoms with Crippen molar-refractivity contribution in [2.45, 2.75) is 25.0 Å². The van der Waals surface area contributed by atoms with Crippen molar-refractivity contribution in [1.29, 1.82) is 0 Å². The number of rotatable bonds is 3. The third-order valence-electron chi connectivity index (χ3n) is 2.80.